The highest BCUT2D eigenvalue weighted by molar-refractivity contribution is 5.91. The molecule has 10 heteroatoms. The van der Waals surface area contributed by atoms with E-state index in [-0.39, 0.29) is 17.6 Å². The molecule has 35 heavy (non-hydrogen) atoms. The second-order valence-corrected chi connectivity index (χ2v) is 8.28. The van der Waals surface area contributed by atoms with Crippen LogP contribution in [0.25, 0.3) is 33.7 Å². The lowest BCUT2D eigenvalue weighted by Gasteiger charge is -2.16. The van der Waals surface area contributed by atoms with Gasteiger partial charge in [-0.3, -0.25) is 0 Å². The van der Waals surface area contributed by atoms with Gasteiger partial charge < -0.3 is 25.8 Å². The average molecular weight is 474 g/mol. The second-order valence-electron chi connectivity index (χ2n) is 8.28. The molecule has 3 heterocycles. The molecule has 9 nitrogen and oxygen atoms in total. The summed E-state index contributed by atoms with van der Waals surface area (Å²) in [4.78, 5) is 37.8. The molecule has 1 fully saturated rings. The number of halogens is 1. The van der Waals surface area contributed by atoms with Gasteiger partial charge in [-0.1, -0.05) is 12.1 Å². The predicted octanol–water partition coefficient (Wildman–Crippen LogP) is 4.81. The van der Waals surface area contributed by atoms with Gasteiger partial charge in [-0.25, -0.2) is 23.9 Å². The largest absolute Gasteiger partial charge is 0.341 e. The molecule has 178 valence electrons. The van der Waals surface area contributed by atoms with Crippen molar-refractivity contribution >= 4 is 34.6 Å². The maximum absolute atomic E-state index is 14.7. The van der Waals surface area contributed by atoms with Crippen LogP contribution in [-0.2, 0) is 0 Å². The van der Waals surface area contributed by atoms with Gasteiger partial charge in [-0.2, -0.15) is 0 Å². The van der Waals surface area contributed by atoms with Gasteiger partial charge in [0.15, 0.2) is 5.65 Å². The molecule has 0 unspecified atom stereocenters. The summed E-state index contributed by atoms with van der Waals surface area (Å²) in [5.41, 5.74) is 4.10. The molecule has 2 aromatic carbocycles. The second kappa shape index (κ2) is 9.41. The van der Waals surface area contributed by atoms with Crippen molar-refractivity contribution in [2.24, 2.45) is 0 Å². The molecule has 4 amide bonds. The Morgan fingerprint density at radius 2 is 1.80 bits per heavy atom. The lowest BCUT2D eigenvalue weighted by molar-refractivity contribution is 0.222. The first-order valence-electron chi connectivity index (χ1n) is 11.3. The highest BCUT2D eigenvalue weighted by Gasteiger charge is 2.19. The lowest BCUT2D eigenvalue weighted by atomic mass is 10.1. The summed E-state index contributed by atoms with van der Waals surface area (Å²) < 4.78 is 14.7. The first kappa shape index (κ1) is 22.3. The number of hydrogen-bond acceptors (Lipinski definition) is 4. The molecule has 0 aliphatic carbocycles. The van der Waals surface area contributed by atoms with Gasteiger partial charge in [0.05, 0.1) is 11.1 Å². The van der Waals surface area contributed by atoms with Crippen LogP contribution in [0, 0.1) is 5.82 Å². The van der Waals surface area contributed by atoms with Crippen LogP contribution >= 0.6 is 0 Å². The summed E-state index contributed by atoms with van der Waals surface area (Å²) in [6.45, 7) is 1.45. The summed E-state index contributed by atoms with van der Waals surface area (Å²) in [7, 11) is 1.55. The Morgan fingerprint density at radius 1 is 1.00 bits per heavy atom. The molecule has 2 aromatic heterocycles. The van der Waals surface area contributed by atoms with Crippen LogP contribution in [0.1, 0.15) is 12.8 Å². The van der Waals surface area contributed by atoms with Crippen molar-refractivity contribution in [1.29, 1.82) is 0 Å². The Kier molecular flexibility index (Phi) is 6.01. The fraction of sp³-hybridized carbons (Fsp3) is 0.200. The highest BCUT2D eigenvalue weighted by Crippen LogP contribution is 2.29. The number of likely N-dealkylation sites (tertiary alicyclic amines) is 1. The van der Waals surface area contributed by atoms with E-state index in [4.69, 9.17) is 0 Å². The summed E-state index contributed by atoms with van der Waals surface area (Å²) >= 11 is 0. The molecule has 0 spiro atoms. The Labute approximate surface area is 200 Å². The van der Waals surface area contributed by atoms with Crippen molar-refractivity contribution in [1.82, 2.24) is 25.2 Å². The SMILES string of the molecule is CNC(=O)Nc1cccc(-c2cnc3nc(-c4cc(NC(=O)N5CCCC5)ccc4F)[nH]c3c2)c1. The predicted molar refractivity (Wildman–Crippen MR) is 133 cm³/mol. The number of rotatable bonds is 4. The number of pyridine rings is 1. The van der Waals surface area contributed by atoms with E-state index < -0.39 is 5.82 Å². The molecule has 0 saturated carbocycles. The number of carbonyl (C=O) groups excluding carboxylic acids is 2. The maximum atomic E-state index is 14.7. The van der Waals surface area contributed by atoms with E-state index in [1.54, 1.807) is 30.3 Å². The number of carbonyl (C=O) groups is 2. The Hall–Kier alpha value is -4.47. The number of nitrogens with zero attached hydrogens (tertiary/aromatic N) is 3. The molecule has 5 rings (SSSR count). The van der Waals surface area contributed by atoms with E-state index in [9.17, 15) is 14.0 Å². The van der Waals surface area contributed by atoms with Crippen molar-refractivity contribution in [3.8, 4) is 22.5 Å². The highest BCUT2D eigenvalue weighted by atomic mass is 19.1. The standard InChI is InChI=1S/C25H24FN7O2/c1-27-24(34)29-17-6-4-5-15(11-17)16-12-21-23(28-14-16)32-22(31-21)19-13-18(7-8-20(19)26)30-25(35)33-9-2-3-10-33/h4-8,11-14H,2-3,9-10H2,1H3,(H,30,35)(H2,27,29,34)(H,28,31,32). The third-order valence-corrected chi connectivity index (χ3v) is 5.88. The van der Waals surface area contributed by atoms with Crippen LogP contribution in [0.2, 0.25) is 0 Å². The summed E-state index contributed by atoms with van der Waals surface area (Å²) in [5, 5.41) is 8.10. The monoisotopic (exact) mass is 473 g/mol. The number of urea groups is 2. The van der Waals surface area contributed by atoms with E-state index >= 15 is 0 Å². The van der Waals surface area contributed by atoms with Gasteiger partial charge in [0, 0.05) is 43.3 Å². The smallest absolute Gasteiger partial charge is 0.321 e. The van der Waals surface area contributed by atoms with Crippen LogP contribution in [0.4, 0.5) is 25.4 Å². The number of aromatic nitrogens is 3. The molecular weight excluding hydrogens is 449 g/mol. The van der Waals surface area contributed by atoms with E-state index in [2.05, 4.69) is 30.9 Å². The first-order chi connectivity index (χ1) is 17.0. The van der Waals surface area contributed by atoms with Crippen LogP contribution in [0.15, 0.2) is 54.7 Å². The summed E-state index contributed by atoms with van der Waals surface area (Å²) in [6, 6.07) is 13.1. The number of benzene rings is 2. The minimum absolute atomic E-state index is 0.191. The van der Waals surface area contributed by atoms with Gasteiger partial charge in [0.1, 0.15) is 11.6 Å². The fourth-order valence-corrected chi connectivity index (χ4v) is 4.06. The summed E-state index contributed by atoms with van der Waals surface area (Å²) in [5.74, 6) is -0.147. The maximum Gasteiger partial charge on any atom is 0.321 e. The molecule has 0 bridgehead atoms. The van der Waals surface area contributed by atoms with Crippen molar-refractivity contribution in [2.45, 2.75) is 12.8 Å². The number of fused-ring (bicyclic) bond motifs is 1. The van der Waals surface area contributed by atoms with E-state index in [1.165, 1.54) is 12.1 Å². The van der Waals surface area contributed by atoms with Crippen molar-refractivity contribution in [3.05, 3.63) is 60.5 Å². The van der Waals surface area contributed by atoms with E-state index in [0.29, 0.717) is 28.4 Å². The Balaban J connectivity index is 1.42. The number of hydrogen-bond donors (Lipinski definition) is 4. The molecule has 4 N–H and O–H groups in total. The molecule has 4 aromatic rings. The zero-order valence-corrected chi connectivity index (χ0v) is 19.1. The van der Waals surface area contributed by atoms with Crippen molar-refractivity contribution < 1.29 is 14.0 Å². The lowest BCUT2D eigenvalue weighted by Crippen LogP contribution is -2.32. The Morgan fingerprint density at radius 3 is 2.60 bits per heavy atom. The molecule has 1 aliphatic heterocycles. The zero-order chi connectivity index (χ0) is 24.4. The molecule has 1 saturated heterocycles. The van der Waals surface area contributed by atoms with Gasteiger partial charge in [0.25, 0.3) is 0 Å². The number of nitrogens with one attached hydrogen (secondary N) is 4. The quantitative estimate of drug-likeness (QED) is 0.340. The number of imidazole rings is 1. The molecule has 0 atom stereocenters. The van der Waals surface area contributed by atoms with Gasteiger partial charge >= 0.3 is 12.1 Å². The minimum Gasteiger partial charge on any atom is -0.341 e. The van der Waals surface area contributed by atoms with Gasteiger partial charge in [-0.15, -0.1) is 0 Å². The Bertz CT molecular complexity index is 1410. The van der Waals surface area contributed by atoms with Crippen molar-refractivity contribution in [2.75, 3.05) is 30.8 Å². The normalized spacial score (nSPS) is 13.1. The van der Waals surface area contributed by atoms with Crippen LogP contribution in [-0.4, -0.2) is 52.1 Å². The number of anilines is 2. The molecule has 1 aliphatic rings. The van der Waals surface area contributed by atoms with Crippen molar-refractivity contribution in [3.63, 3.8) is 0 Å². The number of H-pyrrole nitrogens is 1. The van der Waals surface area contributed by atoms with Crippen LogP contribution in [0.3, 0.4) is 0 Å². The van der Waals surface area contributed by atoms with E-state index in [0.717, 1.165) is 37.1 Å². The van der Waals surface area contributed by atoms with Gasteiger partial charge in [0.2, 0.25) is 0 Å². The molecular formula is C25H24FN7O2. The van der Waals surface area contributed by atoms with Crippen LogP contribution < -0.4 is 16.0 Å². The zero-order valence-electron chi connectivity index (χ0n) is 19.1. The molecule has 0 radical (unpaired) electrons. The topological polar surface area (TPSA) is 115 Å². The third-order valence-electron chi connectivity index (χ3n) is 5.88. The van der Waals surface area contributed by atoms with Gasteiger partial charge in [-0.05, 0) is 54.8 Å². The average Bonchev–Trinajstić information content (AvgIpc) is 3.55. The first-order valence-corrected chi connectivity index (χ1v) is 11.3. The summed E-state index contributed by atoms with van der Waals surface area (Å²) in [6.07, 6.45) is 3.66. The number of amides is 4. The van der Waals surface area contributed by atoms with Crippen LogP contribution in [0.5, 0.6) is 0 Å². The fourth-order valence-electron chi connectivity index (χ4n) is 4.06. The number of aromatic amines is 1. The third kappa shape index (κ3) is 4.77. The minimum atomic E-state index is -0.462. The van der Waals surface area contributed by atoms with E-state index in [1.807, 2.05) is 24.3 Å².